The van der Waals surface area contributed by atoms with E-state index in [9.17, 15) is 8.78 Å². The lowest BCUT2D eigenvalue weighted by Gasteiger charge is -2.04. The molecule has 3 nitrogen and oxygen atoms in total. The molecule has 1 aromatic carbocycles. The molecule has 0 heterocycles. The first kappa shape index (κ1) is 8.45. The standard InChI is InChI=1S/C7H7F2N3/c8-3-1-2-4(9)6(10)5(3)7(11)12/h1-2H,10H2,(H3,11,12). The van der Waals surface area contributed by atoms with Gasteiger partial charge in [-0.15, -0.1) is 0 Å². The number of nitrogens with one attached hydrogen (secondary N) is 1. The molecule has 0 fully saturated rings. The second-order valence-corrected chi connectivity index (χ2v) is 2.23. The number of amidine groups is 1. The van der Waals surface area contributed by atoms with Gasteiger partial charge in [0.2, 0.25) is 0 Å². The number of anilines is 1. The SMILES string of the molecule is N=C(N)c1c(F)ccc(F)c1N. The maximum atomic E-state index is 12.8. The molecule has 0 aliphatic carbocycles. The molecule has 0 aromatic heterocycles. The van der Waals surface area contributed by atoms with Gasteiger partial charge in [0.25, 0.3) is 0 Å². The molecule has 1 rings (SSSR count). The monoisotopic (exact) mass is 171 g/mol. The normalized spacial score (nSPS) is 9.83. The first-order chi connectivity index (χ1) is 5.54. The second kappa shape index (κ2) is 2.77. The molecular formula is C7H7F2N3. The lowest BCUT2D eigenvalue weighted by molar-refractivity contribution is 0.602. The molecule has 0 atom stereocenters. The molecule has 0 aliphatic rings. The van der Waals surface area contributed by atoms with Gasteiger partial charge in [-0.05, 0) is 12.1 Å². The largest absolute Gasteiger partial charge is 0.396 e. The van der Waals surface area contributed by atoms with E-state index in [4.69, 9.17) is 16.9 Å². The molecule has 0 saturated heterocycles. The van der Waals surface area contributed by atoms with Crippen molar-refractivity contribution < 1.29 is 8.78 Å². The third-order valence-corrected chi connectivity index (χ3v) is 1.41. The first-order valence-corrected chi connectivity index (χ1v) is 3.12. The van der Waals surface area contributed by atoms with E-state index in [1.807, 2.05) is 0 Å². The van der Waals surface area contributed by atoms with Crippen molar-refractivity contribution in [1.29, 1.82) is 5.41 Å². The summed E-state index contributed by atoms with van der Waals surface area (Å²) in [5.41, 5.74) is 9.32. The number of rotatable bonds is 1. The third kappa shape index (κ3) is 1.20. The number of benzene rings is 1. The molecule has 0 aliphatic heterocycles. The Kier molecular flexibility index (Phi) is 1.95. The average molecular weight is 171 g/mol. The zero-order chi connectivity index (χ0) is 9.30. The van der Waals surface area contributed by atoms with Crippen molar-refractivity contribution in [2.45, 2.75) is 0 Å². The number of hydrogen-bond donors (Lipinski definition) is 3. The van der Waals surface area contributed by atoms with E-state index in [1.165, 1.54) is 0 Å². The predicted octanol–water partition coefficient (Wildman–Crippen LogP) is 0.831. The smallest absolute Gasteiger partial charge is 0.147 e. The molecule has 0 bridgehead atoms. The van der Waals surface area contributed by atoms with Crippen LogP contribution in [0.5, 0.6) is 0 Å². The Balaban J connectivity index is 3.43. The zero-order valence-electron chi connectivity index (χ0n) is 6.07. The van der Waals surface area contributed by atoms with Gasteiger partial charge < -0.3 is 11.5 Å². The van der Waals surface area contributed by atoms with E-state index < -0.39 is 23.2 Å². The molecule has 64 valence electrons. The molecule has 5 heteroatoms. The third-order valence-electron chi connectivity index (χ3n) is 1.41. The summed E-state index contributed by atoms with van der Waals surface area (Å²) in [6.07, 6.45) is 0. The Morgan fingerprint density at radius 2 is 1.75 bits per heavy atom. The quantitative estimate of drug-likeness (QED) is 0.332. The summed E-state index contributed by atoms with van der Waals surface area (Å²) >= 11 is 0. The van der Waals surface area contributed by atoms with Crippen LogP contribution >= 0.6 is 0 Å². The van der Waals surface area contributed by atoms with Gasteiger partial charge >= 0.3 is 0 Å². The maximum Gasteiger partial charge on any atom is 0.147 e. The van der Waals surface area contributed by atoms with Crippen molar-refractivity contribution >= 4 is 11.5 Å². The van der Waals surface area contributed by atoms with Gasteiger partial charge in [-0.25, -0.2) is 8.78 Å². The van der Waals surface area contributed by atoms with Crippen molar-refractivity contribution in [2.75, 3.05) is 5.73 Å². The Labute approximate surface area is 67.5 Å². The number of nitrogen functional groups attached to an aromatic ring is 2. The Morgan fingerprint density at radius 1 is 1.25 bits per heavy atom. The van der Waals surface area contributed by atoms with Gasteiger partial charge in [-0.1, -0.05) is 0 Å². The van der Waals surface area contributed by atoms with Crippen LogP contribution in [0.3, 0.4) is 0 Å². The fraction of sp³-hybridized carbons (Fsp3) is 0. The van der Waals surface area contributed by atoms with Gasteiger partial charge in [0.15, 0.2) is 0 Å². The molecule has 0 spiro atoms. The number of hydrogen-bond acceptors (Lipinski definition) is 2. The van der Waals surface area contributed by atoms with Gasteiger partial charge in [0.05, 0.1) is 11.3 Å². The van der Waals surface area contributed by atoms with Crippen LogP contribution in [0.1, 0.15) is 5.56 Å². The van der Waals surface area contributed by atoms with Crippen LogP contribution in [0.25, 0.3) is 0 Å². The van der Waals surface area contributed by atoms with Crippen LogP contribution in [0, 0.1) is 17.0 Å². The minimum absolute atomic E-state index is 0.380. The van der Waals surface area contributed by atoms with Gasteiger partial charge in [0, 0.05) is 0 Å². The Bertz CT molecular complexity index is 336. The number of nitrogens with two attached hydrogens (primary N) is 2. The van der Waals surface area contributed by atoms with Crippen LogP contribution in [0.4, 0.5) is 14.5 Å². The molecule has 0 radical (unpaired) electrons. The predicted molar refractivity (Wildman–Crippen MR) is 41.8 cm³/mol. The van der Waals surface area contributed by atoms with Crippen LogP contribution in [-0.2, 0) is 0 Å². The van der Waals surface area contributed by atoms with E-state index in [0.29, 0.717) is 0 Å². The second-order valence-electron chi connectivity index (χ2n) is 2.23. The van der Waals surface area contributed by atoms with Crippen LogP contribution in [-0.4, -0.2) is 5.84 Å². The molecule has 1 aromatic rings. The fourth-order valence-corrected chi connectivity index (χ4v) is 0.841. The van der Waals surface area contributed by atoms with Crippen molar-refractivity contribution in [2.24, 2.45) is 5.73 Å². The fourth-order valence-electron chi connectivity index (χ4n) is 0.841. The summed E-state index contributed by atoms with van der Waals surface area (Å²) in [7, 11) is 0. The molecule has 0 amide bonds. The van der Waals surface area contributed by atoms with E-state index in [-0.39, 0.29) is 5.56 Å². The summed E-state index contributed by atoms with van der Waals surface area (Å²) < 4.78 is 25.5. The minimum Gasteiger partial charge on any atom is -0.396 e. The summed E-state index contributed by atoms with van der Waals surface area (Å²) in [6.45, 7) is 0. The van der Waals surface area contributed by atoms with Crippen LogP contribution in [0.2, 0.25) is 0 Å². The molecular weight excluding hydrogens is 164 g/mol. The van der Waals surface area contributed by atoms with E-state index in [1.54, 1.807) is 0 Å². The van der Waals surface area contributed by atoms with E-state index in [0.717, 1.165) is 12.1 Å². The highest BCUT2D eigenvalue weighted by molar-refractivity contribution is 6.00. The Hall–Kier alpha value is -1.65. The van der Waals surface area contributed by atoms with E-state index in [2.05, 4.69) is 0 Å². The highest BCUT2D eigenvalue weighted by atomic mass is 19.1. The highest BCUT2D eigenvalue weighted by Gasteiger charge is 2.12. The van der Waals surface area contributed by atoms with Crippen LogP contribution < -0.4 is 11.5 Å². The van der Waals surface area contributed by atoms with Crippen molar-refractivity contribution in [3.8, 4) is 0 Å². The topological polar surface area (TPSA) is 75.9 Å². The zero-order valence-corrected chi connectivity index (χ0v) is 6.07. The average Bonchev–Trinajstić information content (AvgIpc) is 1.97. The van der Waals surface area contributed by atoms with Crippen molar-refractivity contribution in [3.63, 3.8) is 0 Å². The molecule has 5 N–H and O–H groups in total. The van der Waals surface area contributed by atoms with Crippen LogP contribution in [0.15, 0.2) is 12.1 Å². The lowest BCUT2D eigenvalue weighted by Crippen LogP contribution is -2.16. The maximum absolute atomic E-state index is 12.8. The Morgan fingerprint density at radius 3 is 2.17 bits per heavy atom. The summed E-state index contributed by atoms with van der Waals surface area (Å²) in [5.74, 6) is -2.15. The first-order valence-electron chi connectivity index (χ1n) is 3.12. The summed E-state index contributed by atoms with van der Waals surface area (Å²) in [4.78, 5) is 0. The summed E-state index contributed by atoms with van der Waals surface area (Å²) in [6, 6.07) is 1.76. The molecule has 0 unspecified atom stereocenters. The molecule has 12 heavy (non-hydrogen) atoms. The highest BCUT2D eigenvalue weighted by Crippen LogP contribution is 2.18. The van der Waals surface area contributed by atoms with Gasteiger partial charge in [-0.2, -0.15) is 0 Å². The van der Waals surface area contributed by atoms with Gasteiger partial charge in [-0.3, -0.25) is 5.41 Å². The van der Waals surface area contributed by atoms with Crippen molar-refractivity contribution in [3.05, 3.63) is 29.3 Å². The van der Waals surface area contributed by atoms with Gasteiger partial charge in [0.1, 0.15) is 17.5 Å². The lowest BCUT2D eigenvalue weighted by atomic mass is 10.1. The summed E-state index contributed by atoms with van der Waals surface area (Å²) in [5, 5.41) is 6.90. The number of halogens is 2. The minimum atomic E-state index is -0.790. The molecule has 0 saturated carbocycles. The van der Waals surface area contributed by atoms with Crippen molar-refractivity contribution in [1.82, 2.24) is 0 Å². The van der Waals surface area contributed by atoms with E-state index >= 15 is 0 Å².